The van der Waals surface area contributed by atoms with Crippen LogP contribution in [-0.2, 0) is 0 Å². The van der Waals surface area contributed by atoms with Crippen LogP contribution in [0.5, 0.6) is 0 Å². The number of benzene rings is 1. The molecular weight excluding hydrogens is 263 g/mol. The van der Waals surface area contributed by atoms with Crippen LogP contribution >= 0.6 is 22.6 Å². The summed E-state index contributed by atoms with van der Waals surface area (Å²) in [6, 6.07) is 5.75. The highest BCUT2D eigenvalue weighted by atomic mass is 127. The summed E-state index contributed by atoms with van der Waals surface area (Å²) in [5, 5.41) is 0. The molecule has 0 fully saturated rings. The van der Waals surface area contributed by atoms with Gasteiger partial charge >= 0.3 is 0 Å². The van der Waals surface area contributed by atoms with Crippen LogP contribution in [0.2, 0.25) is 0 Å². The second kappa shape index (κ2) is 3.85. The topological polar surface area (TPSA) is 17.1 Å². The summed E-state index contributed by atoms with van der Waals surface area (Å²) in [5.41, 5.74) is 1.82. The van der Waals surface area contributed by atoms with Gasteiger partial charge in [0.25, 0.3) is 0 Å². The molecule has 0 radical (unpaired) electrons. The molecule has 1 aromatic rings. The van der Waals surface area contributed by atoms with Gasteiger partial charge in [-0.1, -0.05) is 6.58 Å². The number of aryl methyl sites for hydroxylation is 1. The highest BCUT2D eigenvalue weighted by molar-refractivity contribution is 14.1. The van der Waals surface area contributed by atoms with Gasteiger partial charge in [0.05, 0.1) is 0 Å². The third kappa shape index (κ3) is 2.17. The van der Waals surface area contributed by atoms with Crippen molar-refractivity contribution in [1.82, 2.24) is 0 Å². The largest absolute Gasteiger partial charge is 0.289 e. The Labute approximate surface area is 85.6 Å². The van der Waals surface area contributed by atoms with Crippen LogP contribution in [0.15, 0.2) is 30.9 Å². The van der Waals surface area contributed by atoms with E-state index in [2.05, 4.69) is 29.2 Å². The second-order valence-corrected chi connectivity index (χ2v) is 3.83. The van der Waals surface area contributed by atoms with E-state index in [9.17, 15) is 4.79 Å². The van der Waals surface area contributed by atoms with Gasteiger partial charge in [0.15, 0.2) is 5.78 Å². The normalized spacial score (nSPS) is 9.50. The molecule has 0 bridgehead atoms. The molecule has 0 spiro atoms. The maximum Gasteiger partial charge on any atom is 0.185 e. The first-order valence-corrected chi connectivity index (χ1v) is 4.65. The van der Waals surface area contributed by atoms with E-state index >= 15 is 0 Å². The molecule has 0 saturated carbocycles. The van der Waals surface area contributed by atoms with Gasteiger partial charge in [-0.3, -0.25) is 4.79 Å². The molecule has 0 amide bonds. The smallest absolute Gasteiger partial charge is 0.185 e. The van der Waals surface area contributed by atoms with Crippen molar-refractivity contribution in [1.29, 1.82) is 0 Å². The Morgan fingerprint density at radius 3 is 2.67 bits per heavy atom. The zero-order chi connectivity index (χ0) is 9.14. The molecule has 0 aliphatic heterocycles. The van der Waals surface area contributed by atoms with Gasteiger partial charge in [-0.25, -0.2) is 0 Å². The van der Waals surface area contributed by atoms with Crippen LogP contribution in [0.1, 0.15) is 15.9 Å². The average molecular weight is 272 g/mol. The van der Waals surface area contributed by atoms with Gasteiger partial charge in [-0.05, 0) is 59.4 Å². The van der Waals surface area contributed by atoms with E-state index in [1.165, 1.54) is 6.08 Å². The van der Waals surface area contributed by atoms with Crippen LogP contribution in [0.25, 0.3) is 0 Å². The summed E-state index contributed by atoms with van der Waals surface area (Å²) in [7, 11) is 0. The van der Waals surface area contributed by atoms with Crippen molar-refractivity contribution in [3.05, 3.63) is 45.6 Å². The fourth-order valence-corrected chi connectivity index (χ4v) is 1.82. The average Bonchev–Trinajstić information content (AvgIpc) is 2.01. The second-order valence-electron chi connectivity index (χ2n) is 2.59. The predicted molar refractivity (Wildman–Crippen MR) is 58.4 cm³/mol. The lowest BCUT2D eigenvalue weighted by atomic mass is 10.1. The number of carbonyl (C=O) groups is 1. The lowest BCUT2D eigenvalue weighted by molar-refractivity contribution is 0.104. The number of ketones is 1. The molecule has 2 heteroatoms. The highest BCUT2D eigenvalue weighted by Gasteiger charge is 2.01. The Kier molecular flexibility index (Phi) is 3.03. The Morgan fingerprint density at radius 2 is 2.17 bits per heavy atom. The van der Waals surface area contributed by atoms with Gasteiger partial charge < -0.3 is 0 Å². The molecular formula is C10H9IO. The molecule has 12 heavy (non-hydrogen) atoms. The number of carbonyl (C=O) groups excluding carboxylic acids is 1. The number of rotatable bonds is 2. The number of halogens is 1. The zero-order valence-corrected chi connectivity index (χ0v) is 8.96. The first-order valence-electron chi connectivity index (χ1n) is 3.57. The Morgan fingerprint density at radius 1 is 1.50 bits per heavy atom. The van der Waals surface area contributed by atoms with Crippen molar-refractivity contribution in [2.75, 3.05) is 0 Å². The van der Waals surface area contributed by atoms with E-state index in [-0.39, 0.29) is 5.78 Å². The van der Waals surface area contributed by atoms with Crippen molar-refractivity contribution in [3.8, 4) is 0 Å². The lowest BCUT2D eigenvalue weighted by Gasteiger charge is -1.99. The molecule has 0 unspecified atom stereocenters. The molecule has 0 atom stereocenters. The molecule has 0 aliphatic rings. The van der Waals surface area contributed by atoms with Crippen LogP contribution in [0, 0.1) is 10.5 Å². The van der Waals surface area contributed by atoms with Gasteiger partial charge in [0.1, 0.15) is 0 Å². The predicted octanol–water partition coefficient (Wildman–Crippen LogP) is 2.97. The molecule has 0 aliphatic carbocycles. The Bertz CT molecular complexity index is 308. The Balaban J connectivity index is 3.17. The van der Waals surface area contributed by atoms with Crippen LogP contribution in [0.3, 0.4) is 0 Å². The monoisotopic (exact) mass is 272 g/mol. The maximum absolute atomic E-state index is 11.2. The van der Waals surface area contributed by atoms with E-state index in [0.717, 1.165) is 14.7 Å². The molecule has 1 aromatic carbocycles. The molecule has 0 aromatic heterocycles. The highest BCUT2D eigenvalue weighted by Crippen LogP contribution is 2.12. The van der Waals surface area contributed by atoms with E-state index < -0.39 is 0 Å². The first kappa shape index (κ1) is 9.45. The van der Waals surface area contributed by atoms with E-state index in [4.69, 9.17) is 0 Å². The zero-order valence-electron chi connectivity index (χ0n) is 6.80. The minimum atomic E-state index is -0.0170. The van der Waals surface area contributed by atoms with E-state index in [1.807, 2.05) is 25.1 Å². The fraction of sp³-hybridized carbons (Fsp3) is 0.100. The molecule has 0 N–H and O–H groups in total. The standard InChI is InChI=1S/C10H9IO/c1-3-10(12)8-4-7(2)5-9(11)6-8/h3-6H,1H2,2H3. The van der Waals surface area contributed by atoms with Gasteiger partial charge in [-0.15, -0.1) is 0 Å². The third-order valence-corrected chi connectivity index (χ3v) is 2.13. The lowest BCUT2D eigenvalue weighted by Crippen LogP contribution is -1.94. The van der Waals surface area contributed by atoms with Crippen LogP contribution in [-0.4, -0.2) is 5.78 Å². The first-order chi connectivity index (χ1) is 5.63. The summed E-state index contributed by atoms with van der Waals surface area (Å²) < 4.78 is 1.08. The quantitative estimate of drug-likeness (QED) is 0.459. The van der Waals surface area contributed by atoms with Crippen LogP contribution in [0.4, 0.5) is 0 Å². The molecule has 62 valence electrons. The summed E-state index contributed by atoms with van der Waals surface area (Å²) in [4.78, 5) is 11.2. The molecule has 0 heterocycles. The number of allylic oxidation sites excluding steroid dienone is 1. The van der Waals surface area contributed by atoms with Crippen LogP contribution < -0.4 is 0 Å². The summed E-state index contributed by atoms with van der Waals surface area (Å²) in [6.07, 6.45) is 1.34. The van der Waals surface area contributed by atoms with Crippen molar-refractivity contribution in [2.24, 2.45) is 0 Å². The number of hydrogen-bond acceptors (Lipinski definition) is 1. The molecule has 1 rings (SSSR count). The minimum absolute atomic E-state index is 0.0170. The maximum atomic E-state index is 11.2. The van der Waals surface area contributed by atoms with Gasteiger partial charge in [0.2, 0.25) is 0 Å². The Hall–Kier alpha value is -0.640. The third-order valence-electron chi connectivity index (χ3n) is 1.51. The molecule has 0 saturated heterocycles. The van der Waals surface area contributed by atoms with Crippen molar-refractivity contribution in [2.45, 2.75) is 6.92 Å². The van der Waals surface area contributed by atoms with Crippen molar-refractivity contribution in [3.63, 3.8) is 0 Å². The van der Waals surface area contributed by atoms with Gasteiger partial charge in [0, 0.05) is 9.13 Å². The minimum Gasteiger partial charge on any atom is -0.289 e. The van der Waals surface area contributed by atoms with Gasteiger partial charge in [-0.2, -0.15) is 0 Å². The summed E-state index contributed by atoms with van der Waals surface area (Å²) in [5.74, 6) is -0.0170. The fourth-order valence-electron chi connectivity index (χ4n) is 0.996. The number of hydrogen-bond donors (Lipinski definition) is 0. The van der Waals surface area contributed by atoms with E-state index in [1.54, 1.807) is 0 Å². The van der Waals surface area contributed by atoms with Crippen molar-refractivity contribution >= 4 is 28.4 Å². The SMILES string of the molecule is C=CC(=O)c1cc(C)cc(I)c1. The summed E-state index contributed by atoms with van der Waals surface area (Å²) >= 11 is 2.19. The molecule has 1 nitrogen and oxygen atoms in total. The van der Waals surface area contributed by atoms with E-state index in [0.29, 0.717) is 0 Å². The van der Waals surface area contributed by atoms with Crippen molar-refractivity contribution < 1.29 is 4.79 Å². The summed E-state index contributed by atoms with van der Waals surface area (Å²) in [6.45, 7) is 5.42.